The van der Waals surface area contributed by atoms with Crippen LogP contribution in [-0.4, -0.2) is 47.0 Å². The molecule has 0 radical (unpaired) electrons. The molecule has 0 saturated carbocycles. The Hall–Kier alpha value is -2.58. The molecule has 3 aromatic carbocycles. The average molecular weight is 475 g/mol. The normalized spacial score (nSPS) is 25.1. The van der Waals surface area contributed by atoms with E-state index in [0.717, 1.165) is 59.3 Å². The average Bonchev–Trinajstić information content (AvgIpc) is 3.32. The molecule has 4 atom stereocenters. The molecule has 2 aliphatic rings. The third-order valence-electron chi connectivity index (χ3n) is 6.98. The van der Waals surface area contributed by atoms with Crippen LogP contribution in [0.3, 0.4) is 0 Å². The van der Waals surface area contributed by atoms with Crippen molar-refractivity contribution in [2.75, 3.05) is 19.6 Å². The van der Waals surface area contributed by atoms with Crippen LogP contribution in [0.15, 0.2) is 72.8 Å². The van der Waals surface area contributed by atoms with Gasteiger partial charge < -0.3 is 25.4 Å². The Morgan fingerprint density at radius 2 is 1.66 bits per heavy atom. The van der Waals surface area contributed by atoms with Crippen molar-refractivity contribution in [1.82, 2.24) is 4.90 Å². The molecule has 0 aliphatic carbocycles. The lowest BCUT2D eigenvalue weighted by Gasteiger charge is -2.38. The van der Waals surface area contributed by atoms with Gasteiger partial charge in [-0.15, -0.1) is 0 Å². The van der Waals surface area contributed by atoms with Gasteiger partial charge in [-0.2, -0.15) is 0 Å². The molecule has 5 rings (SSSR count). The van der Waals surface area contributed by atoms with E-state index in [1.165, 1.54) is 0 Å². The molecule has 4 unspecified atom stereocenters. The Labute approximate surface area is 206 Å². The van der Waals surface area contributed by atoms with Gasteiger partial charge in [0.25, 0.3) is 0 Å². The van der Waals surface area contributed by atoms with Gasteiger partial charge in [0, 0.05) is 38.2 Å². The highest BCUT2D eigenvalue weighted by Gasteiger charge is 2.34. The smallest absolute Gasteiger partial charge is 0.184 e. The number of β-amino-alcohol motifs (C(OH)–C–C–N with tert-alkyl or cyclic N) is 1. The number of hydrogen-bond acceptors (Lipinski definition) is 6. The Morgan fingerprint density at radius 1 is 0.886 bits per heavy atom. The van der Waals surface area contributed by atoms with Gasteiger partial charge in [-0.05, 0) is 46.4 Å². The van der Waals surface area contributed by atoms with Crippen LogP contribution in [-0.2, 0) is 22.6 Å². The first-order valence-corrected chi connectivity index (χ1v) is 12.4. The Bertz CT molecular complexity index is 1120. The van der Waals surface area contributed by atoms with E-state index >= 15 is 0 Å². The topological polar surface area (TPSA) is 88.2 Å². The minimum Gasteiger partial charge on any atom is -0.392 e. The van der Waals surface area contributed by atoms with Gasteiger partial charge in [0.05, 0.1) is 24.9 Å². The summed E-state index contributed by atoms with van der Waals surface area (Å²) in [6, 6.07) is 24.5. The molecule has 6 heteroatoms. The fraction of sp³-hybridized carbons (Fsp3) is 0.379. The summed E-state index contributed by atoms with van der Waals surface area (Å²) >= 11 is 0. The highest BCUT2D eigenvalue weighted by Crippen LogP contribution is 2.39. The van der Waals surface area contributed by atoms with Crippen molar-refractivity contribution >= 4 is 0 Å². The maximum absolute atomic E-state index is 9.98. The Kier molecular flexibility index (Phi) is 7.58. The summed E-state index contributed by atoms with van der Waals surface area (Å²) in [4.78, 5) is 2.28. The number of ether oxygens (including phenoxy) is 2. The van der Waals surface area contributed by atoms with E-state index in [4.69, 9.17) is 15.2 Å². The van der Waals surface area contributed by atoms with Gasteiger partial charge in [-0.3, -0.25) is 4.90 Å². The van der Waals surface area contributed by atoms with Crippen molar-refractivity contribution in [1.29, 1.82) is 0 Å². The first-order valence-electron chi connectivity index (χ1n) is 12.4. The minimum absolute atomic E-state index is 0.0224. The second-order valence-electron chi connectivity index (χ2n) is 9.58. The van der Waals surface area contributed by atoms with E-state index in [-0.39, 0.29) is 24.9 Å². The zero-order valence-corrected chi connectivity index (χ0v) is 19.9. The highest BCUT2D eigenvalue weighted by atomic mass is 16.7. The first kappa shape index (κ1) is 24.1. The molecular weight excluding hydrogens is 440 g/mol. The lowest BCUT2D eigenvalue weighted by molar-refractivity contribution is -0.252. The number of rotatable bonds is 7. The molecule has 2 aliphatic heterocycles. The zero-order chi connectivity index (χ0) is 24.2. The van der Waals surface area contributed by atoms with E-state index in [1.54, 1.807) is 0 Å². The third kappa shape index (κ3) is 5.81. The van der Waals surface area contributed by atoms with Crippen molar-refractivity contribution < 1.29 is 19.7 Å². The number of likely N-dealkylation sites (tertiary alicyclic amines) is 1. The maximum Gasteiger partial charge on any atom is 0.184 e. The van der Waals surface area contributed by atoms with Gasteiger partial charge in [0.1, 0.15) is 0 Å². The lowest BCUT2D eigenvalue weighted by atomic mass is 9.98. The van der Waals surface area contributed by atoms with Crippen LogP contribution in [0.25, 0.3) is 11.1 Å². The van der Waals surface area contributed by atoms with Crippen LogP contribution < -0.4 is 5.73 Å². The summed E-state index contributed by atoms with van der Waals surface area (Å²) in [7, 11) is 0. The van der Waals surface area contributed by atoms with E-state index in [0.29, 0.717) is 13.1 Å². The van der Waals surface area contributed by atoms with Crippen LogP contribution in [0.4, 0.5) is 0 Å². The molecule has 0 bridgehead atoms. The molecule has 3 aromatic rings. The van der Waals surface area contributed by atoms with Crippen molar-refractivity contribution in [2.45, 2.75) is 50.6 Å². The molecule has 35 heavy (non-hydrogen) atoms. The Morgan fingerprint density at radius 3 is 2.37 bits per heavy atom. The second kappa shape index (κ2) is 11.0. The standard InChI is InChI=1S/C29H34N2O4/c30-16-21-3-1-4-23(13-21)24-5-2-6-25(14-24)29-34-27(18-31-12-11-26(33)17-31)15-28(35-29)22-9-7-20(19-32)8-10-22/h1-10,13-14,26-29,32-33H,11-12,15-19,30H2. The number of aliphatic hydroxyl groups excluding tert-OH is 2. The van der Waals surface area contributed by atoms with Crippen LogP contribution in [0.5, 0.6) is 0 Å². The van der Waals surface area contributed by atoms with Gasteiger partial charge in [0.15, 0.2) is 6.29 Å². The van der Waals surface area contributed by atoms with Crippen LogP contribution in [0.2, 0.25) is 0 Å². The molecular formula is C29H34N2O4. The predicted molar refractivity (Wildman–Crippen MR) is 135 cm³/mol. The van der Waals surface area contributed by atoms with Crippen LogP contribution in [0, 0.1) is 0 Å². The van der Waals surface area contributed by atoms with Gasteiger partial charge in [0.2, 0.25) is 0 Å². The monoisotopic (exact) mass is 474 g/mol. The summed E-state index contributed by atoms with van der Waals surface area (Å²) in [6.07, 6.45) is 0.645. The molecule has 6 nitrogen and oxygen atoms in total. The van der Waals surface area contributed by atoms with Gasteiger partial charge >= 0.3 is 0 Å². The zero-order valence-electron chi connectivity index (χ0n) is 19.9. The maximum atomic E-state index is 9.98. The number of benzene rings is 3. The fourth-order valence-corrected chi connectivity index (χ4v) is 5.04. The molecule has 4 N–H and O–H groups in total. The van der Waals surface area contributed by atoms with Crippen molar-refractivity contribution in [3.05, 3.63) is 95.1 Å². The molecule has 2 heterocycles. The molecule has 2 fully saturated rings. The van der Waals surface area contributed by atoms with Gasteiger partial charge in [-0.1, -0.05) is 60.7 Å². The number of nitrogens with two attached hydrogens (primary N) is 1. The van der Waals surface area contributed by atoms with E-state index in [2.05, 4.69) is 35.2 Å². The Balaban J connectivity index is 1.41. The molecule has 184 valence electrons. The highest BCUT2D eigenvalue weighted by molar-refractivity contribution is 5.65. The number of nitrogens with zero attached hydrogens (tertiary/aromatic N) is 1. The predicted octanol–water partition coefficient (Wildman–Crippen LogP) is 3.92. The molecule has 0 spiro atoms. The van der Waals surface area contributed by atoms with Crippen LogP contribution in [0.1, 0.15) is 47.5 Å². The summed E-state index contributed by atoms with van der Waals surface area (Å²) in [5, 5.41) is 19.4. The molecule has 0 aromatic heterocycles. The van der Waals surface area contributed by atoms with Crippen molar-refractivity contribution in [3.63, 3.8) is 0 Å². The van der Waals surface area contributed by atoms with E-state index in [9.17, 15) is 10.2 Å². The van der Waals surface area contributed by atoms with E-state index < -0.39 is 6.29 Å². The third-order valence-corrected chi connectivity index (χ3v) is 6.98. The summed E-state index contributed by atoms with van der Waals surface area (Å²) in [5.74, 6) is 0. The summed E-state index contributed by atoms with van der Waals surface area (Å²) in [6.45, 7) is 2.87. The van der Waals surface area contributed by atoms with Crippen molar-refractivity contribution in [3.8, 4) is 11.1 Å². The molecule has 0 amide bonds. The summed E-state index contributed by atoms with van der Waals surface area (Å²) < 4.78 is 13.0. The summed E-state index contributed by atoms with van der Waals surface area (Å²) in [5.41, 5.74) is 12.1. The van der Waals surface area contributed by atoms with Crippen LogP contribution >= 0.6 is 0 Å². The lowest BCUT2D eigenvalue weighted by Crippen LogP contribution is -2.38. The van der Waals surface area contributed by atoms with Crippen molar-refractivity contribution in [2.24, 2.45) is 5.73 Å². The number of aliphatic hydroxyl groups is 2. The van der Waals surface area contributed by atoms with E-state index in [1.807, 2.05) is 42.5 Å². The molecule has 2 saturated heterocycles. The number of hydrogen-bond donors (Lipinski definition) is 3. The quantitative estimate of drug-likeness (QED) is 0.481. The minimum atomic E-state index is -0.499. The SMILES string of the molecule is NCc1cccc(-c2cccc(C3OC(CN4CCC(O)C4)CC(c4ccc(CO)cc4)O3)c2)c1. The second-order valence-corrected chi connectivity index (χ2v) is 9.58. The fourth-order valence-electron chi connectivity index (χ4n) is 5.04. The first-order chi connectivity index (χ1) is 17.1. The van der Waals surface area contributed by atoms with Gasteiger partial charge in [-0.25, -0.2) is 0 Å². The largest absolute Gasteiger partial charge is 0.392 e.